The van der Waals surface area contributed by atoms with E-state index in [0.29, 0.717) is 11.1 Å². The molecule has 0 bridgehead atoms. The molecule has 134 valence electrons. The smallest absolute Gasteiger partial charge is 0.270 e. The van der Waals surface area contributed by atoms with Gasteiger partial charge >= 0.3 is 0 Å². The second-order valence-electron chi connectivity index (χ2n) is 6.55. The van der Waals surface area contributed by atoms with Crippen LogP contribution >= 0.6 is 0 Å². The number of hydrogen-bond acceptors (Lipinski definition) is 5. The second-order valence-corrected chi connectivity index (χ2v) is 8.33. The SMILES string of the molecule is Cc1cccc(C(=O)N2N=C3c4ccccc4S(=O)(=O)N3[C@H]2N(C)C)c1. The minimum absolute atomic E-state index is 0.216. The van der Waals surface area contributed by atoms with Crippen LogP contribution in [0.3, 0.4) is 0 Å². The molecular formula is C18H18N4O3S. The van der Waals surface area contributed by atoms with E-state index >= 15 is 0 Å². The molecule has 0 radical (unpaired) electrons. The molecule has 2 aromatic carbocycles. The number of carbonyl (C=O) groups is 1. The van der Waals surface area contributed by atoms with Crippen molar-refractivity contribution in [2.45, 2.75) is 18.1 Å². The average Bonchev–Trinajstić information content (AvgIpc) is 3.10. The van der Waals surface area contributed by atoms with E-state index in [1.165, 1.54) is 9.31 Å². The highest BCUT2D eigenvalue weighted by molar-refractivity contribution is 7.90. The Morgan fingerprint density at radius 3 is 2.54 bits per heavy atom. The molecule has 0 aliphatic carbocycles. The predicted molar refractivity (Wildman–Crippen MR) is 96.8 cm³/mol. The lowest BCUT2D eigenvalue weighted by Gasteiger charge is -2.32. The summed E-state index contributed by atoms with van der Waals surface area (Å²) < 4.78 is 27.3. The van der Waals surface area contributed by atoms with Crippen LogP contribution in [0.1, 0.15) is 21.5 Å². The van der Waals surface area contributed by atoms with Crippen molar-refractivity contribution in [3.63, 3.8) is 0 Å². The van der Waals surface area contributed by atoms with Gasteiger partial charge in [-0.05, 0) is 45.3 Å². The van der Waals surface area contributed by atoms with Crippen LogP contribution in [0, 0.1) is 6.92 Å². The van der Waals surface area contributed by atoms with Crippen LogP contribution in [-0.4, -0.2) is 54.8 Å². The first kappa shape index (κ1) is 16.7. The van der Waals surface area contributed by atoms with Gasteiger partial charge in [0.15, 0.2) is 12.1 Å². The Morgan fingerprint density at radius 2 is 1.85 bits per heavy atom. The fourth-order valence-corrected chi connectivity index (χ4v) is 5.08. The average molecular weight is 370 g/mol. The van der Waals surface area contributed by atoms with Gasteiger partial charge in [-0.2, -0.15) is 5.01 Å². The van der Waals surface area contributed by atoms with E-state index in [4.69, 9.17) is 0 Å². The van der Waals surface area contributed by atoms with Gasteiger partial charge in [-0.15, -0.1) is 5.10 Å². The van der Waals surface area contributed by atoms with Gasteiger partial charge < -0.3 is 0 Å². The molecule has 26 heavy (non-hydrogen) atoms. The van der Waals surface area contributed by atoms with Gasteiger partial charge in [0.2, 0.25) is 0 Å². The highest BCUT2D eigenvalue weighted by Gasteiger charge is 2.52. The molecule has 2 aliphatic rings. The van der Waals surface area contributed by atoms with Crippen LogP contribution in [0.15, 0.2) is 58.5 Å². The molecular weight excluding hydrogens is 352 g/mol. The minimum Gasteiger partial charge on any atom is -0.270 e. The first-order chi connectivity index (χ1) is 12.3. The lowest BCUT2D eigenvalue weighted by atomic mass is 10.1. The minimum atomic E-state index is -3.77. The fourth-order valence-electron chi connectivity index (χ4n) is 3.29. The third-order valence-electron chi connectivity index (χ3n) is 4.44. The Labute approximate surface area is 152 Å². The van der Waals surface area contributed by atoms with E-state index in [0.717, 1.165) is 5.56 Å². The van der Waals surface area contributed by atoms with Gasteiger partial charge in [-0.1, -0.05) is 29.8 Å². The third-order valence-corrected chi connectivity index (χ3v) is 6.23. The molecule has 1 amide bonds. The predicted octanol–water partition coefficient (Wildman–Crippen LogP) is 1.66. The zero-order valence-corrected chi connectivity index (χ0v) is 15.4. The molecule has 0 saturated heterocycles. The highest BCUT2D eigenvalue weighted by atomic mass is 32.2. The van der Waals surface area contributed by atoms with Crippen molar-refractivity contribution in [1.29, 1.82) is 0 Å². The summed E-state index contributed by atoms with van der Waals surface area (Å²) in [4.78, 5) is 14.9. The standard InChI is InChI=1S/C18H18N4O3S/c1-12-7-6-8-13(11-12)17(23)21-18(20(2)3)22-16(19-21)14-9-4-5-10-15(14)26(22,24)25/h4-11,18H,1-3H3/t18-/m0/s1. The molecule has 7 nitrogen and oxygen atoms in total. The zero-order chi connectivity index (χ0) is 18.6. The number of rotatable bonds is 2. The first-order valence-electron chi connectivity index (χ1n) is 8.11. The van der Waals surface area contributed by atoms with Crippen molar-refractivity contribution in [1.82, 2.24) is 14.2 Å². The lowest BCUT2D eigenvalue weighted by molar-refractivity contribution is 0.0341. The molecule has 2 aromatic rings. The van der Waals surface area contributed by atoms with Crippen molar-refractivity contribution in [3.8, 4) is 0 Å². The summed E-state index contributed by atoms with van der Waals surface area (Å²) in [5, 5.41) is 5.63. The van der Waals surface area contributed by atoms with E-state index in [1.54, 1.807) is 61.5 Å². The Morgan fingerprint density at radius 1 is 1.12 bits per heavy atom. The zero-order valence-electron chi connectivity index (χ0n) is 14.6. The number of fused-ring (bicyclic) bond motifs is 3. The summed E-state index contributed by atoms with van der Waals surface area (Å²) in [7, 11) is -0.326. The highest BCUT2D eigenvalue weighted by Crippen LogP contribution is 2.38. The number of nitrogens with zero attached hydrogens (tertiary/aromatic N) is 4. The third kappa shape index (κ3) is 2.26. The van der Waals surface area contributed by atoms with Gasteiger partial charge in [0.1, 0.15) is 0 Å². The maximum Gasteiger partial charge on any atom is 0.277 e. The summed E-state index contributed by atoms with van der Waals surface area (Å²) in [6, 6.07) is 13.9. The van der Waals surface area contributed by atoms with E-state index in [1.807, 2.05) is 13.0 Å². The van der Waals surface area contributed by atoms with E-state index in [2.05, 4.69) is 5.10 Å². The Balaban J connectivity index is 1.86. The van der Waals surface area contributed by atoms with Crippen LogP contribution in [0.2, 0.25) is 0 Å². The summed E-state index contributed by atoms with van der Waals surface area (Å²) in [5.74, 6) is -0.0673. The largest absolute Gasteiger partial charge is 0.277 e. The molecule has 0 saturated carbocycles. The van der Waals surface area contributed by atoms with Crippen LogP contribution in [0.5, 0.6) is 0 Å². The van der Waals surface area contributed by atoms with E-state index < -0.39 is 16.3 Å². The summed E-state index contributed by atoms with van der Waals surface area (Å²) >= 11 is 0. The van der Waals surface area contributed by atoms with Crippen LogP contribution < -0.4 is 0 Å². The first-order valence-corrected chi connectivity index (χ1v) is 9.55. The van der Waals surface area contributed by atoms with E-state index in [9.17, 15) is 13.2 Å². The lowest BCUT2D eigenvalue weighted by Crippen LogP contribution is -2.53. The molecule has 2 heterocycles. The van der Waals surface area contributed by atoms with Gasteiger partial charge in [0.25, 0.3) is 15.9 Å². The Kier molecular flexibility index (Phi) is 3.64. The molecule has 0 unspecified atom stereocenters. The number of benzene rings is 2. The van der Waals surface area contributed by atoms with Crippen molar-refractivity contribution < 1.29 is 13.2 Å². The second kappa shape index (κ2) is 5.65. The monoisotopic (exact) mass is 370 g/mol. The number of sulfonamides is 1. The van der Waals surface area contributed by atoms with Gasteiger partial charge in [-0.25, -0.2) is 12.7 Å². The quantitative estimate of drug-likeness (QED) is 0.806. The number of aryl methyl sites for hydroxylation is 1. The number of amides is 1. The van der Waals surface area contributed by atoms with Crippen molar-refractivity contribution in [3.05, 3.63) is 65.2 Å². The Hall–Kier alpha value is -2.71. The number of carbonyl (C=O) groups excluding carboxylic acids is 1. The van der Waals surface area contributed by atoms with Crippen LogP contribution in [-0.2, 0) is 10.0 Å². The number of hydrazone groups is 1. The fraction of sp³-hybridized carbons (Fsp3) is 0.222. The number of hydrogen-bond donors (Lipinski definition) is 0. The number of amidine groups is 1. The maximum absolute atomic E-state index is 13.0. The molecule has 0 aromatic heterocycles. The summed E-state index contributed by atoms with van der Waals surface area (Å²) in [6.45, 7) is 1.90. The van der Waals surface area contributed by atoms with Crippen molar-refractivity contribution >= 4 is 21.8 Å². The normalized spacial score (nSPS) is 20.2. The molecule has 1 atom stereocenters. The maximum atomic E-state index is 13.0. The topological polar surface area (TPSA) is 73.3 Å². The van der Waals surface area contributed by atoms with Crippen LogP contribution in [0.25, 0.3) is 0 Å². The van der Waals surface area contributed by atoms with Gasteiger partial charge in [0.05, 0.1) is 4.90 Å². The van der Waals surface area contributed by atoms with Gasteiger partial charge in [-0.3, -0.25) is 9.69 Å². The van der Waals surface area contributed by atoms with Crippen molar-refractivity contribution in [2.24, 2.45) is 5.10 Å². The van der Waals surface area contributed by atoms with Crippen LogP contribution in [0.4, 0.5) is 0 Å². The molecule has 0 fully saturated rings. The molecule has 0 N–H and O–H groups in total. The van der Waals surface area contributed by atoms with Gasteiger partial charge in [0, 0.05) is 11.1 Å². The molecule has 8 heteroatoms. The molecule has 0 spiro atoms. The summed E-state index contributed by atoms with van der Waals surface area (Å²) in [5.41, 5.74) is 1.93. The Bertz CT molecular complexity index is 1050. The van der Waals surface area contributed by atoms with E-state index in [-0.39, 0.29) is 16.6 Å². The van der Waals surface area contributed by atoms with Crippen molar-refractivity contribution in [2.75, 3.05) is 14.1 Å². The molecule has 4 rings (SSSR count). The molecule has 2 aliphatic heterocycles. The summed E-state index contributed by atoms with van der Waals surface area (Å²) in [6.07, 6.45) is -0.851.